The van der Waals surface area contributed by atoms with Crippen molar-refractivity contribution in [2.75, 3.05) is 11.9 Å². The first kappa shape index (κ1) is 13.5. The van der Waals surface area contributed by atoms with Gasteiger partial charge < -0.3 is 10.4 Å². The van der Waals surface area contributed by atoms with Gasteiger partial charge in [-0.05, 0) is 48.0 Å². The van der Waals surface area contributed by atoms with Crippen molar-refractivity contribution < 1.29 is 9.90 Å². The third-order valence-corrected chi connectivity index (χ3v) is 3.05. The van der Waals surface area contributed by atoms with E-state index in [1.165, 1.54) is 0 Å². The van der Waals surface area contributed by atoms with E-state index in [9.17, 15) is 4.79 Å². The van der Waals surface area contributed by atoms with Crippen LogP contribution < -0.4 is 5.32 Å². The number of carboxylic acid groups (broad SMARTS) is 1. The molecule has 90 valence electrons. The lowest BCUT2D eigenvalue weighted by molar-refractivity contribution is -0.146. The Balaban J connectivity index is 2.78. The van der Waals surface area contributed by atoms with Crippen LogP contribution in [0.25, 0.3) is 0 Å². The molecule has 0 fully saturated rings. The molecule has 2 N–H and O–H groups in total. The standard InChI is InChI=1S/C12H13BrN2O2/c1-12(2,11(16)17)7-15-10-4-3-8(6-14)5-9(10)13/h3-5,15H,7H2,1-2H3,(H,16,17). The predicted octanol–water partition coefficient (Wildman–Crippen LogP) is 2.84. The number of hydrogen-bond acceptors (Lipinski definition) is 3. The van der Waals surface area contributed by atoms with Crippen LogP contribution in [0.4, 0.5) is 5.69 Å². The zero-order valence-corrected chi connectivity index (χ0v) is 11.2. The summed E-state index contributed by atoms with van der Waals surface area (Å²) in [5.41, 5.74) is 0.492. The number of benzene rings is 1. The maximum atomic E-state index is 10.9. The fourth-order valence-corrected chi connectivity index (χ4v) is 1.64. The Kier molecular flexibility index (Phi) is 4.13. The smallest absolute Gasteiger partial charge is 0.310 e. The summed E-state index contributed by atoms with van der Waals surface area (Å²) in [4.78, 5) is 10.9. The molecule has 0 aromatic heterocycles. The van der Waals surface area contributed by atoms with Gasteiger partial charge in [-0.1, -0.05) is 0 Å². The molecule has 0 atom stereocenters. The largest absolute Gasteiger partial charge is 0.481 e. The highest BCUT2D eigenvalue weighted by molar-refractivity contribution is 9.10. The molecule has 0 aliphatic heterocycles. The quantitative estimate of drug-likeness (QED) is 0.896. The van der Waals surface area contributed by atoms with Crippen LogP contribution in [0.1, 0.15) is 19.4 Å². The van der Waals surface area contributed by atoms with Crippen molar-refractivity contribution in [3.63, 3.8) is 0 Å². The summed E-state index contributed by atoms with van der Waals surface area (Å²) in [6.07, 6.45) is 0. The van der Waals surface area contributed by atoms with Crippen LogP contribution in [-0.4, -0.2) is 17.6 Å². The minimum Gasteiger partial charge on any atom is -0.481 e. The average molecular weight is 297 g/mol. The number of nitrogens with zero attached hydrogens (tertiary/aromatic N) is 1. The van der Waals surface area contributed by atoms with Crippen LogP contribution in [0, 0.1) is 16.7 Å². The summed E-state index contributed by atoms with van der Waals surface area (Å²) >= 11 is 3.33. The van der Waals surface area contributed by atoms with E-state index in [1.807, 2.05) is 6.07 Å². The van der Waals surface area contributed by atoms with E-state index in [1.54, 1.807) is 32.0 Å². The molecule has 17 heavy (non-hydrogen) atoms. The van der Waals surface area contributed by atoms with Crippen molar-refractivity contribution in [2.24, 2.45) is 5.41 Å². The van der Waals surface area contributed by atoms with Gasteiger partial charge in [-0.25, -0.2) is 0 Å². The van der Waals surface area contributed by atoms with E-state index in [-0.39, 0.29) is 0 Å². The van der Waals surface area contributed by atoms with Crippen molar-refractivity contribution in [3.05, 3.63) is 28.2 Å². The van der Waals surface area contributed by atoms with Crippen molar-refractivity contribution in [2.45, 2.75) is 13.8 Å². The summed E-state index contributed by atoms with van der Waals surface area (Å²) in [5.74, 6) is -0.852. The number of carbonyl (C=O) groups is 1. The van der Waals surface area contributed by atoms with Gasteiger partial charge >= 0.3 is 5.97 Å². The first-order valence-corrected chi connectivity index (χ1v) is 5.83. The molecule has 1 aromatic rings. The van der Waals surface area contributed by atoms with Gasteiger partial charge in [0.2, 0.25) is 0 Å². The fraction of sp³-hybridized carbons (Fsp3) is 0.333. The van der Waals surface area contributed by atoms with Crippen molar-refractivity contribution in [3.8, 4) is 6.07 Å². The van der Waals surface area contributed by atoms with Crippen LogP contribution in [0.3, 0.4) is 0 Å². The van der Waals surface area contributed by atoms with Gasteiger partial charge in [-0.3, -0.25) is 4.79 Å². The van der Waals surface area contributed by atoms with Crippen LogP contribution in [-0.2, 0) is 4.79 Å². The van der Waals surface area contributed by atoms with Gasteiger partial charge in [0.15, 0.2) is 0 Å². The number of halogens is 1. The summed E-state index contributed by atoms with van der Waals surface area (Å²) in [6.45, 7) is 3.62. The molecule has 4 nitrogen and oxygen atoms in total. The monoisotopic (exact) mass is 296 g/mol. The second-order valence-corrected chi connectivity index (χ2v) is 5.20. The van der Waals surface area contributed by atoms with Gasteiger partial charge in [-0.2, -0.15) is 5.26 Å². The molecule has 0 unspecified atom stereocenters. The van der Waals surface area contributed by atoms with Gasteiger partial charge in [0.1, 0.15) is 0 Å². The summed E-state index contributed by atoms with van der Waals surface area (Å²) < 4.78 is 0.748. The zero-order valence-electron chi connectivity index (χ0n) is 9.62. The fourth-order valence-electron chi connectivity index (χ4n) is 1.12. The number of aliphatic carboxylic acids is 1. The molecule has 0 saturated heterocycles. The van der Waals surface area contributed by atoms with Gasteiger partial charge in [0, 0.05) is 16.7 Å². The molecule has 1 rings (SSSR count). The van der Waals surface area contributed by atoms with E-state index in [4.69, 9.17) is 10.4 Å². The number of carboxylic acids is 1. The Morgan fingerprint density at radius 2 is 2.24 bits per heavy atom. The third kappa shape index (κ3) is 3.46. The maximum Gasteiger partial charge on any atom is 0.310 e. The topological polar surface area (TPSA) is 73.1 Å². The number of rotatable bonds is 4. The van der Waals surface area contributed by atoms with E-state index in [0.29, 0.717) is 12.1 Å². The van der Waals surface area contributed by atoms with Crippen LogP contribution >= 0.6 is 15.9 Å². The Morgan fingerprint density at radius 3 is 2.71 bits per heavy atom. The normalized spacial score (nSPS) is 10.7. The highest BCUT2D eigenvalue weighted by Gasteiger charge is 2.26. The van der Waals surface area contributed by atoms with Crippen LogP contribution in [0.15, 0.2) is 22.7 Å². The number of nitriles is 1. The molecule has 0 amide bonds. The molecular formula is C12H13BrN2O2. The Hall–Kier alpha value is -1.54. The van der Waals surface area contributed by atoms with E-state index in [2.05, 4.69) is 21.2 Å². The highest BCUT2D eigenvalue weighted by atomic mass is 79.9. The van der Waals surface area contributed by atoms with Crippen molar-refractivity contribution in [1.29, 1.82) is 5.26 Å². The summed E-state index contributed by atoms with van der Waals surface area (Å²) in [6, 6.07) is 7.16. The molecule has 0 heterocycles. The number of hydrogen-bond donors (Lipinski definition) is 2. The summed E-state index contributed by atoms with van der Waals surface area (Å²) in [7, 11) is 0. The molecule has 0 spiro atoms. The lowest BCUT2D eigenvalue weighted by atomic mass is 9.94. The van der Waals surface area contributed by atoms with Gasteiger partial charge in [-0.15, -0.1) is 0 Å². The number of anilines is 1. The molecule has 0 radical (unpaired) electrons. The Labute approximate surface area is 108 Å². The zero-order chi connectivity index (χ0) is 13.1. The van der Waals surface area contributed by atoms with E-state index < -0.39 is 11.4 Å². The molecule has 0 saturated carbocycles. The van der Waals surface area contributed by atoms with Crippen LogP contribution in [0.5, 0.6) is 0 Å². The minimum absolute atomic E-state index is 0.312. The van der Waals surface area contributed by atoms with E-state index >= 15 is 0 Å². The average Bonchev–Trinajstić information content (AvgIpc) is 2.27. The third-order valence-electron chi connectivity index (χ3n) is 2.40. The second kappa shape index (κ2) is 5.19. The first-order chi connectivity index (χ1) is 7.86. The Morgan fingerprint density at radius 1 is 1.59 bits per heavy atom. The molecule has 1 aromatic carbocycles. The Bertz CT molecular complexity index is 478. The van der Waals surface area contributed by atoms with Crippen molar-refractivity contribution >= 4 is 27.6 Å². The van der Waals surface area contributed by atoms with Crippen LogP contribution in [0.2, 0.25) is 0 Å². The minimum atomic E-state index is -0.852. The lowest BCUT2D eigenvalue weighted by Crippen LogP contribution is -2.31. The molecule has 0 aliphatic rings. The SMILES string of the molecule is CC(C)(CNc1ccc(C#N)cc1Br)C(=O)O. The predicted molar refractivity (Wildman–Crippen MR) is 68.8 cm³/mol. The molecule has 0 aliphatic carbocycles. The summed E-state index contributed by atoms with van der Waals surface area (Å²) in [5, 5.41) is 20.7. The van der Waals surface area contributed by atoms with Crippen molar-refractivity contribution in [1.82, 2.24) is 0 Å². The highest BCUT2D eigenvalue weighted by Crippen LogP contribution is 2.25. The number of nitrogens with one attached hydrogen (secondary N) is 1. The molecule has 5 heteroatoms. The first-order valence-electron chi connectivity index (χ1n) is 5.04. The molecule has 0 bridgehead atoms. The van der Waals surface area contributed by atoms with Gasteiger partial charge in [0.05, 0.1) is 17.0 Å². The van der Waals surface area contributed by atoms with E-state index in [0.717, 1.165) is 10.2 Å². The maximum absolute atomic E-state index is 10.9. The second-order valence-electron chi connectivity index (χ2n) is 4.35. The molecular weight excluding hydrogens is 284 g/mol. The van der Waals surface area contributed by atoms with Gasteiger partial charge in [0.25, 0.3) is 0 Å². The lowest BCUT2D eigenvalue weighted by Gasteiger charge is -2.20.